The van der Waals surface area contributed by atoms with E-state index in [-0.39, 0.29) is 0 Å². The first-order valence-corrected chi connectivity index (χ1v) is 19.1. The molecule has 11 aromatic rings. The molecule has 8 aromatic carbocycles. The van der Waals surface area contributed by atoms with Crippen molar-refractivity contribution in [2.45, 2.75) is 0 Å². The first-order chi connectivity index (χ1) is 25.7. The molecule has 0 spiro atoms. The van der Waals surface area contributed by atoms with Crippen molar-refractivity contribution in [3.8, 4) is 22.3 Å². The van der Waals surface area contributed by atoms with E-state index in [2.05, 4.69) is 169 Å². The highest BCUT2D eigenvalue weighted by Crippen LogP contribution is 2.43. The molecular weight excluding hydrogens is 671 g/mol. The minimum absolute atomic E-state index is 0.903. The average Bonchev–Trinajstić information content (AvgIpc) is 3.88. The van der Waals surface area contributed by atoms with Crippen LogP contribution in [-0.4, -0.2) is 0 Å². The van der Waals surface area contributed by atoms with Crippen LogP contribution < -0.4 is 4.90 Å². The number of thiophene rings is 2. The average molecular weight is 700 g/mol. The molecule has 3 aromatic heterocycles. The van der Waals surface area contributed by atoms with Crippen molar-refractivity contribution in [3.05, 3.63) is 176 Å². The van der Waals surface area contributed by atoms with Crippen LogP contribution in [0.3, 0.4) is 0 Å². The molecular formula is C48H29NOS2. The molecule has 0 amide bonds. The summed E-state index contributed by atoms with van der Waals surface area (Å²) in [6, 6.07) is 63.8. The summed E-state index contributed by atoms with van der Waals surface area (Å²) >= 11 is 3.72. The lowest BCUT2D eigenvalue weighted by molar-refractivity contribution is 0.669. The minimum atomic E-state index is 0.903. The summed E-state index contributed by atoms with van der Waals surface area (Å²) in [6.45, 7) is 0. The number of benzene rings is 8. The standard InChI is InChI=1S/C48H29NOS2/c1-4-13-43-37(10-1)38-23-18-32(27-44(38)50-43)31-8-7-9-35(26-31)49(36-22-25-42-40-12-3-6-15-46(40)52-48(42)29-36)34-20-16-30(17-21-34)33-19-24-41-39-11-2-5-14-45(39)51-47(41)28-33/h1-29H. The van der Waals surface area contributed by atoms with Crippen molar-refractivity contribution in [1.29, 1.82) is 0 Å². The molecule has 0 unspecified atom stereocenters. The smallest absolute Gasteiger partial charge is 0.136 e. The number of rotatable bonds is 5. The molecule has 0 radical (unpaired) electrons. The van der Waals surface area contributed by atoms with Gasteiger partial charge in [-0.1, -0.05) is 103 Å². The molecule has 4 heteroatoms. The molecule has 2 nitrogen and oxygen atoms in total. The summed E-state index contributed by atoms with van der Waals surface area (Å²) in [6.07, 6.45) is 0. The predicted octanol–water partition coefficient (Wildman–Crippen LogP) is 15.1. The Balaban J connectivity index is 1.03. The van der Waals surface area contributed by atoms with Crippen molar-refractivity contribution >= 4 is 102 Å². The third kappa shape index (κ3) is 4.76. The van der Waals surface area contributed by atoms with Gasteiger partial charge in [0.1, 0.15) is 11.2 Å². The Morgan fingerprint density at radius 1 is 0.308 bits per heavy atom. The summed E-state index contributed by atoms with van der Waals surface area (Å²) in [7, 11) is 0. The summed E-state index contributed by atoms with van der Waals surface area (Å²) in [5, 5.41) is 7.54. The first kappa shape index (κ1) is 29.5. The van der Waals surface area contributed by atoms with Crippen LogP contribution in [0.4, 0.5) is 17.1 Å². The monoisotopic (exact) mass is 699 g/mol. The number of para-hydroxylation sites is 1. The Morgan fingerprint density at radius 2 is 0.827 bits per heavy atom. The van der Waals surface area contributed by atoms with E-state index in [1.54, 1.807) is 0 Å². The van der Waals surface area contributed by atoms with Crippen LogP contribution >= 0.6 is 22.7 Å². The number of hydrogen-bond acceptors (Lipinski definition) is 4. The molecule has 0 saturated heterocycles. The normalized spacial score (nSPS) is 11.8. The minimum Gasteiger partial charge on any atom is -0.456 e. The van der Waals surface area contributed by atoms with E-state index in [4.69, 9.17) is 4.42 Å². The molecule has 0 bridgehead atoms. The van der Waals surface area contributed by atoms with Crippen LogP contribution in [0.5, 0.6) is 0 Å². The number of nitrogens with zero attached hydrogens (tertiary/aromatic N) is 1. The number of fused-ring (bicyclic) bond motifs is 9. The van der Waals surface area contributed by atoms with Gasteiger partial charge < -0.3 is 9.32 Å². The number of hydrogen-bond donors (Lipinski definition) is 0. The van der Waals surface area contributed by atoms with Crippen LogP contribution in [0, 0.1) is 0 Å². The number of anilines is 3. The van der Waals surface area contributed by atoms with Crippen LogP contribution in [0.25, 0.3) is 84.5 Å². The second-order valence-corrected chi connectivity index (χ2v) is 15.5. The number of furan rings is 1. The lowest BCUT2D eigenvalue weighted by Gasteiger charge is -2.26. The van der Waals surface area contributed by atoms with Gasteiger partial charge in [-0.25, -0.2) is 0 Å². The van der Waals surface area contributed by atoms with Crippen LogP contribution in [0.2, 0.25) is 0 Å². The molecule has 0 atom stereocenters. The Labute approximate surface area is 308 Å². The van der Waals surface area contributed by atoms with Gasteiger partial charge in [-0.15, -0.1) is 22.7 Å². The van der Waals surface area contributed by atoms with E-state index >= 15 is 0 Å². The third-order valence-electron chi connectivity index (χ3n) is 10.3. The maximum Gasteiger partial charge on any atom is 0.136 e. The zero-order valence-corrected chi connectivity index (χ0v) is 29.5. The fourth-order valence-electron chi connectivity index (χ4n) is 7.74. The Morgan fingerprint density at radius 3 is 1.60 bits per heavy atom. The maximum absolute atomic E-state index is 6.27. The van der Waals surface area contributed by atoms with Gasteiger partial charge in [0, 0.05) is 68.2 Å². The van der Waals surface area contributed by atoms with Crippen molar-refractivity contribution < 1.29 is 4.42 Å². The van der Waals surface area contributed by atoms with Gasteiger partial charge in [0.25, 0.3) is 0 Å². The largest absolute Gasteiger partial charge is 0.456 e. The van der Waals surface area contributed by atoms with Crippen molar-refractivity contribution in [2.75, 3.05) is 4.90 Å². The molecule has 0 fully saturated rings. The fraction of sp³-hybridized carbons (Fsp3) is 0. The lowest BCUT2D eigenvalue weighted by Crippen LogP contribution is -2.09. The summed E-state index contributed by atoms with van der Waals surface area (Å²) < 4.78 is 11.5. The van der Waals surface area contributed by atoms with Crippen LogP contribution in [0.1, 0.15) is 0 Å². The molecule has 0 N–H and O–H groups in total. The zero-order valence-electron chi connectivity index (χ0n) is 27.9. The van der Waals surface area contributed by atoms with E-state index < -0.39 is 0 Å². The van der Waals surface area contributed by atoms with E-state index in [0.29, 0.717) is 0 Å². The Kier molecular flexibility index (Phi) is 6.63. The molecule has 0 aliphatic heterocycles. The van der Waals surface area contributed by atoms with Gasteiger partial charge in [-0.3, -0.25) is 0 Å². The van der Waals surface area contributed by atoms with E-state index in [0.717, 1.165) is 50.1 Å². The fourth-order valence-corrected chi connectivity index (χ4v) is 10.0. The summed E-state index contributed by atoms with van der Waals surface area (Å²) in [5.41, 5.74) is 9.85. The van der Waals surface area contributed by atoms with Crippen molar-refractivity contribution in [3.63, 3.8) is 0 Å². The van der Waals surface area contributed by atoms with E-state index in [1.807, 2.05) is 34.8 Å². The van der Waals surface area contributed by atoms with E-state index in [1.165, 1.54) is 51.5 Å². The molecule has 52 heavy (non-hydrogen) atoms. The molecule has 244 valence electrons. The van der Waals surface area contributed by atoms with Gasteiger partial charge in [-0.05, 0) is 95.1 Å². The maximum atomic E-state index is 6.27. The summed E-state index contributed by atoms with van der Waals surface area (Å²) in [4.78, 5) is 2.38. The highest BCUT2D eigenvalue weighted by molar-refractivity contribution is 7.26. The second kappa shape index (κ2) is 11.7. The van der Waals surface area contributed by atoms with Crippen molar-refractivity contribution in [2.24, 2.45) is 0 Å². The molecule has 3 heterocycles. The molecule has 0 saturated carbocycles. The highest BCUT2D eigenvalue weighted by atomic mass is 32.1. The van der Waals surface area contributed by atoms with Crippen LogP contribution in [0.15, 0.2) is 180 Å². The van der Waals surface area contributed by atoms with Gasteiger partial charge in [0.15, 0.2) is 0 Å². The molecule has 11 rings (SSSR count). The van der Waals surface area contributed by atoms with Gasteiger partial charge in [0.2, 0.25) is 0 Å². The topological polar surface area (TPSA) is 16.4 Å². The zero-order chi connectivity index (χ0) is 34.2. The Bertz CT molecular complexity index is 3150. The second-order valence-electron chi connectivity index (χ2n) is 13.3. The Hall–Kier alpha value is -6.20. The molecule has 0 aliphatic carbocycles. The van der Waals surface area contributed by atoms with Crippen LogP contribution in [-0.2, 0) is 0 Å². The van der Waals surface area contributed by atoms with Gasteiger partial charge >= 0.3 is 0 Å². The third-order valence-corrected chi connectivity index (χ3v) is 12.5. The van der Waals surface area contributed by atoms with E-state index in [9.17, 15) is 0 Å². The summed E-state index contributed by atoms with van der Waals surface area (Å²) in [5.74, 6) is 0. The van der Waals surface area contributed by atoms with Gasteiger partial charge in [-0.2, -0.15) is 0 Å². The molecule has 0 aliphatic rings. The van der Waals surface area contributed by atoms with Crippen molar-refractivity contribution in [1.82, 2.24) is 0 Å². The predicted molar refractivity (Wildman–Crippen MR) is 225 cm³/mol. The van der Waals surface area contributed by atoms with Gasteiger partial charge in [0.05, 0.1) is 0 Å². The quantitative estimate of drug-likeness (QED) is 0.178. The lowest BCUT2D eigenvalue weighted by atomic mass is 10.0. The first-order valence-electron chi connectivity index (χ1n) is 17.5. The SMILES string of the molecule is c1cc(-c2ccc3c(c2)oc2ccccc23)cc(N(c2ccc(-c3ccc4c(c3)sc3ccccc34)cc2)c2ccc3c(c2)sc2ccccc23)c1. The highest BCUT2D eigenvalue weighted by Gasteiger charge is 2.17.